The zero-order valence-electron chi connectivity index (χ0n) is 20.5. The quantitative estimate of drug-likeness (QED) is 0.322. The third kappa shape index (κ3) is 5.41. The van der Waals surface area contributed by atoms with Gasteiger partial charge in [-0.25, -0.2) is 22.6 Å². The summed E-state index contributed by atoms with van der Waals surface area (Å²) in [6, 6.07) is 9.05. The molecular weight excluding hydrogens is 515 g/mol. The minimum Gasteiger partial charge on any atom is -0.477 e. The lowest BCUT2D eigenvalue weighted by molar-refractivity contribution is -0.119. The summed E-state index contributed by atoms with van der Waals surface area (Å²) in [5.74, 6) is -3.88. The average Bonchev–Trinajstić information content (AvgIpc) is 3.43. The number of aromatic carboxylic acids is 1. The molecule has 1 aromatic heterocycles. The molecule has 10 nitrogen and oxygen atoms in total. The van der Waals surface area contributed by atoms with Crippen LogP contribution < -0.4 is 11.1 Å². The second kappa shape index (κ2) is 10.3. The maximum atomic E-state index is 14.8. The van der Waals surface area contributed by atoms with Crippen molar-refractivity contribution in [2.24, 2.45) is 10.7 Å². The lowest BCUT2D eigenvalue weighted by Gasteiger charge is -2.13. The predicted octanol–water partition coefficient (Wildman–Crippen LogP) is 2.30. The highest BCUT2D eigenvalue weighted by molar-refractivity contribution is 7.89. The van der Waals surface area contributed by atoms with Crippen molar-refractivity contribution in [2.75, 3.05) is 19.3 Å². The van der Waals surface area contributed by atoms with E-state index in [2.05, 4.69) is 15.3 Å². The first-order valence-electron chi connectivity index (χ1n) is 11.5. The molecule has 3 aromatic rings. The normalized spacial score (nSPS) is 14.4. The van der Waals surface area contributed by atoms with E-state index < -0.39 is 39.2 Å². The molecule has 1 aliphatic rings. The van der Waals surface area contributed by atoms with Crippen LogP contribution in [-0.4, -0.2) is 61.3 Å². The number of carboxylic acid groups (broad SMARTS) is 1. The van der Waals surface area contributed by atoms with Gasteiger partial charge in [-0.1, -0.05) is 37.3 Å². The Morgan fingerprint density at radius 2 is 1.97 bits per heavy atom. The number of carboxylic acids is 1. The van der Waals surface area contributed by atoms with Gasteiger partial charge in [0.25, 0.3) is 5.91 Å². The summed E-state index contributed by atoms with van der Waals surface area (Å²) in [6.45, 7) is 1.62. The minimum atomic E-state index is -3.47. The lowest BCUT2D eigenvalue weighted by atomic mass is 9.90. The van der Waals surface area contributed by atoms with E-state index in [0.717, 1.165) is 12.3 Å². The van der Waals surface area contributed by atoms with Gasteiger partial charge in [0, 0.05) is 34.3 Å². The van der Waals surface area contributed by atoms with Gasteiger partial charge < -0.3 is 21.1 Å². The SMILES string of the molecule is CC(C1=CC(CNC(=O)CN)=NC1=O)c1cccc2c(-c3ccc(CS(C)(=O)=O)c(F)c3)c(C(=O)O)[nH]c12. The van der Waals surface area contributed by atoms with Crippen molar-refractivity contribution in [3.8, 4) is 11.1 Å². The fourth-order valence-corrected chi connectivity index (χ4v) is 5.26. The topological polar surface area (TPSA) is 172 Å². The first-order chi connectivity index (χ1) is 17.9. The zero-order chi connectivity index (χ0) is 27.8. The molecule has 198 valence electrons. The molecule has 12 heteroatoms. The van der Waals surface area contributed by atoms with E-state index in [9.17, 15) is 32.3 Å². The highest BCUT2D eigenvalue weighted by Crippen LogP contribution is 2.39. The van der Waals surface area contributed by atoms with Crippen LogP contribution in [0.1, 0.15) is 34.5 Å². The minimum absolute atomic E-state index is 0.0209. The number of nitrogens with two attached hydrogens (primary N) is 1. The fourth-order valence-electron chi connectivity index (χ4n) is 4.46. The number of halogens is 1. The maximum Gasteiger partial charge on any atom is 0.352 e. The van der Waals surface area contributed by atoms with E-state index in [1.54, 1.807) is 31.2 Å². The van der Waals surface area contributed by atoms with Crippen LogP contribution in [0.2, 0.25) is 0 Å². The number of aromatic amines is 1. The molecule has 0 bridgehead atoms. The van der Waals surface area contributed by atoms with E-state index in [1.807, 2.05) is 0 Å². The van der Waals surface area contributed by atoms with Crippen LogP contribution >= 0.6 is 0 Å². The molecule has 0 spiro atoms. The van der Waals surface area contributed by atoms with Crippen LogP contribution in [0, 0.1) is 5.82 Å². The summed E-state index contributed by atoms with van der Waals surface area (Å²) in [6.07, 6.45) is 2.58. The highest BCUT2D eigenvalue weighted by atomic mass is 32.2. The zero-order valence-corrected chi connectivity index (χ0v) is 21.4. The van der Waals surface area contributed by atoms with Gasteiger partial charge in [0.2, 0.25) is 5.91 Å². The molecule has 0 fully saturated rings. The van der Waals surface area contributed by atoms with Gasteiger partial charge in [-0.05, 0) is 23.3 Å². The largest absolute Gasteiger partial charge is 0.477 e. The van der Waals surface area contributed by atoms with Crippen molar-refractivity contribution in [1.82, 2.24) is 10.3 Å². The van der Waals surface area contributed by atoms with Gasteiger partial charge in [0.15, 0.2) is 9.84 Å². The van der Waals surface area contributed by atoms with Crippen LogP contribution in [0.5, 0.6) is 0 Å². The van der Waals surface area contributed by atoms with Crippen molar-refractivity contribution < 1.29 is 32.3 Å². The predicted molar refractivity (Wildman–Crippen MR) is 140 cm³/mol. The molecule has 0 saturated heterocycles. The average molecular weight is 541 g/mol. The maximum absolute atomic E-state index is 14.8. The Labute approximate surface area is 217 Å². The van der Waals surface area contributed by atoms with Gasteiger partial charge >= 0.3 is 5.97 Å². The summed E-state index contributed by atoms with van der Waals surface area (Å²) < 4.78 is 38.0. The number of hydrogen-bond donors (Lipinski definition) is 4. The third-order valence-corrected chi connectivity index (χ3v) is 7.07. The standard InChI is InChI=1S/C26H25FN4O6S/c1-13(19-9-16(30-25(19)33)11-29-21(32)10-28)17-4-3-5-18-22(24(26(34)35)31-23(17)18)14-6-7-15(20(27)8-14)12-38(2,36)37/h3-9,13,31H,10-12,28H2,1-2H3,(H,29,32)(H,34,35). The lowest BCUT2D eigenvalue weighted by Crippen LogP contribution is -2.33. The molecule has 0 saturated carbocycles. The number of amides is 2. The molecule has 1 atom stereocenters. The van der Waals surface area contributed by atoms with Crippen molar-refractivity contribution >= 4 is 44.2 Å². The van der Waals surface area contributed by atoms with Crippen molar-refractivity contribution in [3.63, 3.8) is 0 Å². The molecular formula is C26H25FN4O6S. The molecule has 1 aliphatic heterocycles. The van der Waals surface area contributed by atoms with Crippen molar-refractivity contribution in [3.05, 3.63) is 70.7 Å². The second-order valence-corrected chi connectivity index (χ2v) is 11.2. The van der Waals surface area contributed by atoms with Gasteiger partial charge in [-0.2, -0.15) is 0 Å². The number of carbonyl (C=O) groups is 3. The molecule has 0 aliphatic carbocycles. The number of benzene rings is 2. The number of hydrogen-bond acceptors (Lipinski definition) is 6. The molecule has 5 N–H and O–H groups in total. The molecule has 2 heterocycles. The van der Waals surface area contributed by atoms with E-state index in [4.69, 9.17) is 5.73 Å². The van der Waals surface area contributed by atoms with Crippen LogP contribution in [0.4, 0.5) is 4.39 Å². The van der Waals surface area contributed by atoms with Crippen molar-refractivity contribution in [1.29, 1.82) is 0 Å². The van der Waals surface area contributed by atoms with E-state index >= 15 is 0 Å². The number of nitrogens with zero attached hydrogens (tertiary/aromatic N) is 1. The monoisotopic (exact) mass is 540 g/mol. The van der Waals surface area contributed by atoms with Gasteiger partial charge in [-0.15, -0.1) is 0 Å². The summed E-state index contributed by atoms with van der Waals surface area (Å²) in [4.78, 5) is 43.1. The Kier molecular flexibility index (Phi) is 7.29. The first kappa shape index (κ1) is 26.9. The Morgan fingerprint density at radius 3 is 2.61 bits per heavy atom. The number of fused-ring (bicyclic) bond motifs is 1. The number of aromatic nitrogens is 1. The Morgan fingerprint density at radius 1 is 1.24 bits per heavy atom. The summed E-state index contributed by atoms with van der Waals surface area (Å²) in [5, 5.41) is 13.0. The van der Waals surface area contributed by atoms with E-state index in [0.29, 0.717) is 27.8 Å². The molecule has 0 radical (unpaired) electrons. The van der Waals surface area contributed by atoms with Crippen LogP contribution in [-0.2, 0) is 25.2 Å². The fraction of sp³-hybridized carbons (Fsp3) is 0.231. The van der Waals surface area contributed by atoms with E-state index in [1.165, 1.54) is 12.1 Å². The number of carbonyl (C=O) groups excluding carboxylic acids is 2. The van der Waals surface area contributed by atoms with E-state index in [-0.39, 0.29) is 41.4 Å². The Balaban J connectivity index is 1.76. The summed E-state index contributed by atoms with van der Waals surface area (Å²) in [5.41, 5.74) is 7.37. The van der Waals surface area contributed by atoms with Crippen LogP contribution in [0.3, 0.4) is 0 Å². The smallest absolute Gasteiger partial charge is 0.352 e. The van der Waals surface area contributed by atoms with Gasteiger partial charge in [-0.3, -0.25) is 9.59 Å². The molecule has 4 rings (SSSR count). The summed E-state index contributed by atoms with van der Waals surface area (Å²) in [7, 11) is -3.47. The summed E-state index contributed by atoms with van der Waals surface area (Å²) >= 11 is 0. The second-order valence-electron chi connectivity index (χ2n) is 9.04. The Hall–Kier alpha value is -4.16. The third-order valence-electron chi connectivity index (χ3n) is 6.24. The Bertz CT molecular complexity index is 1660. The molecule has 1 unspecified atom stereocenters. The number of H-pyrrole nitrogens is 1. The number of aliphatic imine (C=N–C) groups is 1. The number of rotatable bonds is 9. The molecule has 2 aromatic carbocycles. The molecule has 38 heavy (non-hydrogen) atoms. The highest BCUT2D eigenvalue weighted by Gasteiger charge is 2.28. The van der Waals surface area contributed by atoms with Crippen LogP contribution in [0.15, 0.2) is 53.0 Å². The first-order valence-corrected chi connectivity index (χ1v) is 13.6. The van der Waals surface area contributed by atoms with Gasteiger partial charge in [0.05, 0.1) is 30.1 Å². The number of sulfone groups is 1. The number of nitrogens with one attached hydrogen (secondary N) is 2. The van der Waals surface area contributed by atoms with Gasteiger partial charge in [0.1, 0.15) is 11.5 Å². The van der Waals surface area contributed by atoms with Crippen LogP contribution in [0.25, 0.3) is 22.0 Å². The molecule has 2 amide bonds. The van der Waals surface area contributed by atoms with Crippen molar-refractivity contribution in [2.45, 2.75) is 18.6 Å². The number of para-hydroxylation sites is 1.